The van der Waals surface area contributed by atoms with Crippen molar-refractivity contribution in [2.24, 2.45) is 0 Å². The van der Waals surface area contributed by atoms with Crippen LogP contribution in [0.15, 0.2) is 30.5 Å². The van der Waals surface area contributed by atoms with Crippen molar-refractivity contribution < 1.29 is 4.74 Å². The average Bonchev–Trinajstić information content (AvgIpc) is 2.86. The van der Waals surface area contributed by atoms with E-state index >= 15 is 0 Å². The summed E-state index contributed by atoms with van der Waals surface area (Å²) in [7, 11) is 0. The van der Waals surface area contributed by atoms with Crippen molar-refractivity contribution in [3.8, 4) is 5.75 Å². The maximum absolute atomic E-state index is 5.47. The normalized spacial score (nSPS) is 14.0. The molecule has 0 aliphatic rings. The first-order chi connectivity index (χ1) is 9.60. The van der Waals surface area contributed by atoms with Crippen molar-refractivity contribution in [1.82, 2.24) is 10.3 Å². The van der Waals surface area contributed by atoms with Crippen LogP contribution in [0.5, 0.6) is 5.75 Å². The average molecular weight is 290 g/mol. The van der Waals surface area contributed by atoms with E-state index < -0.39 is 0 Å². The fourth-order valence-electron chi connectivity index (χ4n) is 2.13. The van der Waals surface area contributed by atoms with Gasteiger partial charge in [0, 0.05) is 17.1 Å². The first-order valence-electron chi connectivity index (χ1n) is 7.01. The number of thiazole rings is 1. The summed E-state index contributed by atoms with van der Waals surface area (Å²) in [5.41, 5.74) is 1.26. The summed E-state index contributed by atoms with van der Waals surface area (Å²) in [5.74, 6) is 0.923. The third kappa shape index (κ3) is 3.81. The van der Waals surface area contributed by atoms with Crippen LogP contribution < -0.4 is 10.1 Å². The number of nitrogens with one attached hydrogen (secondary N) is 1. The molecule has 0 aliphatic heterocycles. The summed E-state index contributed by atoms with van der Waals surface area (Å²) < 4.78 is 5.47. The maximum Gasteiger partial charge on any atom is 0.119 e. The van der Waals surface area contributed by atoms with Crippen LogP contribution in [-0.4, -0.2) is 11.6 Å². The molecule has 0 spiro atoms. The summed E-state index contributed by atoms with van der Waals surface area (Å²) in [6.07, 6.45) is 1.93. The second-order valence-electron chi connectivity index (χ2n) is 4.92. The van der Waals surface area contributed by atoms with Gasteiger partial charge in [-0.15, -0.1) is 11.3 Å². The zero-order valence-electron chi connectivity index (χ0n) is 12.5. The molecule has 2 unspecified atom stereocenters. The Bertz CT molecular complexity index is 536. The Labute approximate surface area is 125 Å². The van der Waals surface area contributed by atoms with Gasteiger partial charge in [0.25, 0.3) is 0 Å². The summed E-state index contributed by atoms with van der Waals surface area (Å²) in [5, 5.41) is 4.72. The van der Waals surface area contributed by atoms with Crippen LogP contribution in [0.4, 0.5) is 0 Å². The summed E-state index contributed by atoms with van der Waals surface area (Å²) in [4.78, 5) is 5.69. The lowest BCUT2D eigenvalue weighted by Gasteiger charge is -2.19. The molecule has 2 aromatic rings. The molecule has 2 atom stereocenters. The van der Waals surface area contributed by atoms with E-state index in [1.807, 2.05) is 25.3 Å². The van der Waals surface area contributed by atoms with Gasteiger partial charge in [0.2, 0.25) is 0 Å². The Balaban J connectivity index is 1.98. The van der Waals surface area contributed by atoms with Crippen LogP contribution in [0.1, 0.15) is 48.3 Å². The molecule has 3 nitrogen and oxygen atoms in total. The minimum atomic E-state index is 0.260. The molecular formula is C16H22N2OS. The van der Waals surface area contributed by atoms with Crippen LogP contribution in [-0.2, 0) is 0 Å². The minimum Gasteiger partial charge on any atom is -0.494 e. The van der Waals surface area contributed by atoms with Gasteiger partial charge >= 0.3 is 0 Å². The zero-order chi connectivity index (χ0) is 14.5. The number of benzene rings is 1. The van der Waals surface area contributed by atoms with Crippen molar-refractivity contribution in [3.63, 3.8) is 0 Å². The van der Waals surface area contributed by atoms with E-state index in [-0.39, 0.29) is 12.1 Å². The Morgan fingerprint density at radius 1 is 1.20 bits per heavy atom. The molecule has 1 heterocycles. The van der Waals surface area contributed by atoms with Crippen molar-refractivity contribution in [2.45, 2.75) is 39.8 Å². The fourth-order valence-corrected chi connectivity index (χ4v) is 2.92. The molecular weight excluding hydrogens is 268 g/mol. The number of hydrogen-bond donors (Lipinski definition) is 1. The largest absolute Gasteiger partial charge is 0.494 e. The zero-order valence-corrected chi connectivity index (χ0v) is 13.3. The smallest absolute Gasteiger partial charge is 0.119 e. The number of aromatic nitrogens is 1. The predicted molar refractivity (Wildman–Crippen MR) is 84.4 cm³/mol. The number of rotatable bonds is 6. The van der Waals surface area contributed by atoms with Gasteiger partial charge in [0.15, 0.2) is 0 Å². The Morgan fingerprint density at radius 3 is 2.45 bits per heavy atom. The highest BCUT2D eigenvalue weighted by Crippen LogP contribution is 2.24. The predicted octanol–water partition coefficient (Wildman–Crippen LogP) is 4.26. The lowest BCUT2D eigenvalue weighted by Crippen LogP contribution is -2.22. The van der Waals surface area contributed by atoms with E-state index in [2.05, 4.69) is 43.2 Å². The first-order valence-corrected chi connectivity index (χ1v) is 7.83. The standard InChI is InChI=1S/C16H22N2OS/c1-5-19-15-8-6-14(7-9-15)12(3)18-13(4)16-17-10-11(2)20-16/h6-10,12-13,18H,5H2,1-4H3. The molecule has 108 valence electrons. The lowest BCUT2D eigenvalue weighted by molar-refractivity contribution is 0.340. The molecule has 0 amide bonds. The van der Waals surface area contributed by atoms with Crippen molar-refractivity contribution >= 4 is 11.3 Å². The van der Waals surface area contributed by atoms with Crippen molar-refractivity contribution in [1.29, 1.82) is 0 Å². The molecule has 0 aliphatic carbocycles. The van der Waals surface area contributed by atoms with Gasteiger partial charge in [-0.1, -0.05) is 12.1 Å². The number of ether oxygens (including phenoxy) is 1. The molecule has 0 fully saturated rings. The Hall–Kier alpha value is -1.39. The van der Waals surface area contributed by atoms with Gasteiger partial charge in [-0.25, -0.2) is 4.98 Å². The van der Waals surface area contributed by atoms with Crippen LogP contribution in [0, 0.1) is 6.92 Å². The van der Waals surface area contributed by atoms with Gasteiger partial charge < -0.3 is 10.1 Å². The van der Waals surface area contributed by atoms with Gasteiger partial charge in [-0.3, -0.25) is 0 Å². The quantitative estimate of drug-likeness (QED) is 0.863. The second-order valence-corrected chi connectivity index (χ2v) is 6.19. The molecule has 20 heavy (non-hydrogen) atoms. The SMILES string of the molecule is CCOc1ccc(C(C)NC(C)c2ncc(C)s2)cc1. The van der Waals surface area contributed by atoms with E-state index in [0.717, 1.165) is 10.8 Å². The Kier molecular flexibility index (Phi) is 5.15. The highest BCUT2D eigenvalue weighted by molar-refractivity contribution is 7.11. The molecule has 0 radical (unpaired) electrons. The molecule has 0 bridgehead atoms. The molecule has 4 heteroatoms. The highest BCUT2D eigenvalue weighted by atomic mass is 32.1. The summed E-state index contributed by atoms with van der Waals surface area (Å²) in [6.45, 7) is 9.11. The maximum atomic E-state index is 5.47. The second kappa shape index (κ2) is 6.86. The third-order valence-corrected chi connectivity index (χ3v) is 4.30. The van der Waals surface area contributed by atoms with Gasteiger partial charge in [0.05, 0.1) is 12.6 Å². The lowest BCUT2D eigenvalue weighted by atomic mass is 10.1. The van der Waals surface area contributed by atoms with Gasteiger partial charge in [0.1, 0.15) is 10.8 Å². The minimum absolute atomic E-state index is 0.260. The van der Waals surface area contributed by atoms with E-state index in [1.54, 1.807) is 11.3 Å². The van der Waals surface area contributed by atoms with Crippen LogP contribution >= 0.6 is 11.3 Å². The topological polar surface area (TPSA) is 34.1 Å². The van der Waals surface area contributed by atoms with Crippen molar-refractivity contribution in [3.05, 3.63) is 45.9 Å². The monoisotopic (exact) mass is 290 g/mol. The molecule has 0 saturated carbocycles. The van der Waals surface area contributed by atoms with E-state index in [4.69, 9.17) is 4.74 Å². The van der Waals surface area contributed by atoms with Gasteiger partial charge in [-0.05, 0) is 45.4 Å². The van der Waals surface area contributed by atoms with Crippen molar-refractivity contribution in [2.75, 3.05) is 6.61 Å². The number of aryl methyl sites for hydroxylation is 1. The van der Waals surface area contributed by atoms with Gasteiger partial charge in [-0.2, -0.15) is 0 Å². The van der Waals surface area contributed by atoms with Crippen LogP contribution in [0.3, 0.4) is 0 Å². The molecule has 1 aromatic carbocycles. The van der Waals surface area contributed by atoms with Crippen LogP contribution in [0.2, 0.25) is 0 Å². The summed E-state index contributed by atoms with van der Waals surface area (Å²) >= 11 is 1.75. The number of nitrogens with zero attached hydrogens (tertiary/aromatic N) is 1. The van der Waals surface area contributed by atoms with Crippen LogP contribution in [0.25, 0.3) is 0 Å². The van der Waals surface area contributed by atoms with E-state index in [1.165, 1.54) is 10.4 Å². The fraction of sp³-hybridized carbons (Fsp3) is 0.438. The Morgan fingerprint density at radius 2 is 1.90 bits per heavy atom. The molecule has 1 aromatic heterocycles. The highest BCUT2D eigenvalue weighted by Gasteiger charge is 2.13. The molecule has 1 N–H and O–H groups in total. The van der Waals surface area contributed by atoms with E-state index in [9.17, 15) is 0 Å². The number of hydrogen-bond acceptors (Lipinski definition) is 4. The molecule has 0 saturated heterocycles. The van der Waals surface area contributed by atoms with E-state index in [0.29, 0.717) is 6.61 Å². The first kappa shape index (κ1) is 15.0. The summed E-state index contributed by atoms with van der Waals surface area (Å²) in [6, 6.07) is 8.82. The molecule has 2 rings (SSSR count). The third-order valence-electron chi connectivity index (χ3n) is 3.20.